The van der Waals surface area contributed by atoms with E-state index in [4.69, 9.17) is 16.3 Å². The summed E-state index contributed by atoms with van der Waals surface area (Å²) in [5.74, 6) is 0.825. The van der Waals surface area contributed by atoms with Crippen LogP contribution in [0.2, 0.25) is 5.02 Å². The first-order valence-corrected chi connectivity index (χ1v) is 9.12. The molecule has 1 saturated carbocycles. The minimum atomic E-state index is -0.761. The lowest BCUT2D eigenvalue weighted by Crippen LogP contribution is -2.54. The Bertz CT molecular complexity index is 691. The lowest BCUT2D eigenvalue weighted by molar-refractivity contribution is -0.135. The summed E-state index contributed by atoms with van der Waals surface area (Å²) in [6.07, 6.45) is 2.44. The second kappa shape index (κ2) is 6.52. The number of hydrogen-bond acceptors (Lipinski definition) is 3. The molecule has 0 unspecified atom stereocenters. The highest BCUT2D eigenvalue weighted by molar-refractivity contribution is 6.32. The third kappa shape index (κ3) is 3.61. The fraction of sp³-hybridized carbons (Fsp3) is 0.579. The SMILES string of the molecule is C[C@@H]1CC(C)(C)C[C@]2(C1)NC(=O)N(CCOc1ccccc1Cl)C2=O. The number of halogens is 1. The van der Waals surface area contributed by atoms with Crippen LogP contribution in [0.15, 0.2) is 24.3 Å². The Kier molecular flexibility index (Phi) is 4.71. The van der Waals surface area contributed by atoms with Crippen molar-refractivity contribution in [1.29, 1.82) is 0 Å². The number of carbonyl (C=O) groups is 2. The van der Waals surface area contributed by atoms with Crippen LogP contribution in [0.5, 0.6) is 5.75 Å². The van der Waals surface area contributed by atoms with Gasteiger partial charge in [0, 0.05) is 0 Å². The molecule has 2 atom stereocenters. The van der Waals surface area contributed by atoms with Crippen LogP contribution in [-0.2, 0) is 4.79 Å². The van der Waals surface area contributed by atoms with Crippen LogP contribution in [0.4, 0.5) is 4.79 Å². The molecule has 1 N–H and O–H groups in total. The molecule has 1 aliphatic heterocycles. The zero-order chi connectivity index (χ0) is 18.2. The molecule has 3 amide bonds. The number of imide groups is 1. The topological polar surface area (TPSA) is 58.6 Å². The summed E-state index contributed by atoms with van der Waals surface area (Å²) < 4.78 is 5.63. The minimum Gasteiger partial charge on any atom is -0.490 e. The van der Waals surface area contributed by atoms with Crippen molar-refractivity contribution in [2.45, 2.75) is 45.6 Å². The number of rotatable bonds is 4. The molecule has 0 bridgehead atoms. The Morgan fingerprint density at radius 1 is 1.28 bits per heavy atom. The van der Waals surface area contributed by atoms with Crippen molar-refractivity contribution in [3.05, 3.63) is 29.3 Å². The number of carbonyl (C=O) groups excluding carboxylic acids is 2. The highest BCUT2D eigenvalue weighted by Crippen LogP contribution is 2.46. The van der Waals surface area contributed by atoms with E-state index in [-0.39, 0.29) is 30.5 Å². The van der Waals surface area contributed by atoms with Gasteiger partial charge in [0.2, 0.25) is 0 Å². The molecule has 1 aromatic rings. The van der Waals surface area contributed by atoms with Crippen molar-refractivity contribution in [3.63, 3.8) is 0 Å². The number of hydrogen-bond donors (Lipinski definition) is 1. The second-order valence-corrected chi connectivity index (χ2v) is 8.51. The van der Waals surface area contributed by atoms with Crippen LogP contribution in [0.1, 0.15) is 40.0 Å². The van der Waals surface area contributed by atoms with E-state index in [9.17, 15) is 9.59 Å². The first-order valence-electron chi connectivity index (χ1n) is 8.74. The lowest BCUT2D eigenvalue weighted by atomic mass is 9.64. The smallest absolute Gasteiger partial charge is 0.325 e. The average molecular weight is 365 g/mol. The maximum atomic E-state index is 13.0. The second-order valence-electron chi connectivity index (χ2n) is 8.10. The summed E-state index contributed by atoms with van der Waals surface area (Å²) in [7, 11) is 0. The summed E-state index contributed by atoms with van der Waals surface area (Å²) in [4.78, 5) is 26.7. The molecule has 2 aliphatic rings. The molecule has 1 aliphatic carbocycles. The fourth-order valence-corrected chi connectivity index (χ4v) is 4.71. The predicted molar refractivity (Wildman–Crippen MR) is 96.7 cm³/mol. The third-order valence-electron chi connectivity index (χ3n) is 5.03. The van der Waals surface area contributed by atoms with Gasteiger partial charge in [-0.2, -0.15) is 0 Å². The van der Waals surface area contributed by atoms with Gasteiger partial charge in [0.15, 0.2) is 0 Å². The fourth-order valence-electron chi connectivity index (χ4n) is 4.52. The number of urea groups is 1. The first-order chi connectivity index (χ1) is 11.7. The molecule has 6 heteroatoms. The molecule has 3 rings (SSSR count). The van der Waals surface area contributed by atoms with Gasteiger partial charge in [0.1, 0.15) is 17.9 Å². The first kappa shape index (κ1) is 18.1. The quantitative estimate of drug-likeness (QED) is 0.825. The number of nitrogens with zero attached hydrogens (tertiary/aromatic N) is 1. The Balaban J connectivity index is 1.66. The molecule has 1 spiro atoms. The van der Waals surface area contributed by atoms with Crippen LogP contribution in [0, 0.1) is 11.3 Å². The number of amides is 3. The van der Waals surface area contributed by atoms with Gasteiger partial charge in [-0.15, -0.1) is 0 Å². The summed E-state index contributed by atoms with van der Waals surface area (Å²) in [5.41, 5.74) is -0.729. The molecular weight excluding hydrogens is 340 g/mol. The van der Waals surface area contributed by atoms with Crippen molar-refractivity contribution in [2.75, 3.05) is 13.2 Å². The van der Waals surface area contributed by atoms with Gasteiger partial charge in [-0.3, -0.25) is 9.69 Å². The lowest BCUT2D eigenvalue weighted by Gasteiger charge is -2.43. The zero-order valence-electron chi connectivity index (χ0n) is 15.0. The number of benzene rings is 1. The molecule has 1 saturated heterocycles. The highest BCUT2D eigenvalue weighted by Gasteiger charge is 2.55. The Morgan fingerprint density at radius 3 is 2.68 bits per heavy atom. The van der Waals surface area contributed by atoms with E-state index in [2.05, 4.69) is 26.1 Å². The Hall–Kier alpha value is -1.75. The molecule has 1 heterocycles. The van der Waals surface area contributed by atoms with Crippen LogP contribution in [0.3, 0.4) is 0 Å². The van der Waals surface area contributed by atoms with E-state index in [1.165, 1.54) is 4.90 Å². The van der Waals surface area contributed by atoms with Crippen molar-refractivity contribution in [3.8, 4) is 5.75 Å². The van der Waals surface area contributed by atoms with Gasteiger partial charge in [-0.25, -0.2) is 4.79 Å². The van der Waals surface area contributed by atoms with E-state index in [1.807, 2.05) is 12.1 Å². The van der Waals surface area contributed by atoms with Gasteiger partial charge < -0.3 is 10.1 Å². The van der Waals surface area contributed by atoms with Gasteiger partial charge in [0.05, 0.1) is 11.6 Å². The molecule has 0 radical (unpaired) electrons. The normalized spacial score (nSPS) is 28.3. The van der Waals surface area contributed by atoms with Gasteiger partial charge in [0.25, 0.3) is 5.91 Å². The van der Waals surface area contributed by atoms with Crippen molar-refractivity contribution in [2.24, 2.45) is 11.3 Å². The predicted octanol–water partition coefficient (Wildman–Crippen LogP) is 3.86. The molecule has 1 aromatic carbocycles. The Labute approximate surface area is 153 Å². The average Bonchev–Trinajstić information content (AvgIpc) is 2.70. The summed E-state index contributed by atoms with van der Waals surface area (Å²) in [5, 5.41) is 3.48. The van der Waals surface area contributed by atoms with Gasteiger partial charge in [-0.1, -0.05) is 44.5 Å². The summed E-state index contributed by atoms with van der Waals surface area (Å²) in [6, 6.07) is 6.84. The zero-order valence-corrected chi connectivity index (χ0v) is 15.7. The van der Waals surface area contributed by atoms with E-state index in [0.29, 0.717) is 29.5 Å². The number of nitrogens with one attached hydrogen (secondary N) is 1. The van der Waals surface area contributed by atoms with E-state index < -0.39 is 5.54 Å². The van der Waals surface area contributed by atoms with Crippen LogP contribution in [-0.4, -0.2) is 35.5 Å². The van der Waals surface area contributed by atoms with Gasteiger partial charge in [-0.05, 0) is 42.7 Å². The molecule has 2 fully saturated rings. The van der Waals surface area contributed by atoms with Crippen molar-refractivity contribution < 1.29 is 14.3 Å². The maximum absolute atomic E-state index is 13.0. The van der Waals surface area contributed by atoms with E-state index in [1.54, 1.807) is 12.1 Å². The summed E-state index contributed by atoms with van der Waals surface area (Å²) >= 11 is 6.06. The third-order valence-corrected chi connectivity index (χ3v) is 5.35. The maximum Gasteiger partial charge on any atom is 0.325 e. The van der Waals surface area contributed by atoms with E-state index >= 15 is 0 Å². The largest absolute Gasteiger partial charge is 0.490 e. The number of ether oxygens (including phenoxy) is 1. The molecule has 0 aromatic heterocycles. The standard InChI is InChI=1S/C19H25ClN2O3/c1-13-10-18(2,3)12-19(11-13)16(23)22(17(24)21-19)8-9-25-15-7-5-4-6-14(15)20/h4-7,13H,8-12H2,1-3H3,(H,21,24)/t13-,19+/m1/s1. The van der Waals surface area contributed by atoms with Gasteiger partial charge >= 0.3 is 6.03 Å². The van der Waals surface area contributed by atoms with E-state index in [0.717, 1.165) is 6.42 Å². The summed E-state index contributed by atoms with van der Waals surface area (Å²) in [6.45, 7) is 6.90. The highest BCUT2D eigenvalue weighted by atomic mass is 35.5. The Morgan fingerprint density at radius 2 is 2.00 bits per heavy atom. The van der Waals surface area contributed by atoms with Crippen molar-refractivity contribution in [1.82, 2.24) is 10.2 Å². The van der Waals surface area contributed by atoms with Crippen LogP contribution in [0.25, 0.3) is 0 Å². The van der Waals surface area contributed by atoms with Crippen LogP contribution < -0.4 is 10.1 Å². The molecule has 136 valence electrons. The minimum absolute atomic E-state index is 0.0324. The van der Waals surface area contributed by atoms with Crippen LogP contribution >= 0.6 is 11.6 Å². The monoisotopic (exact) mass is 364 g/mol. The molecule has 25 heavy (non-hydrogen) atoms. The molecular formula is C19H25ClN2O3. The molecule has 5 nitrogen and oxygen atoms in total. The number of para-hydroxylation sites is 1. The van der Waals surface area contributed by atoms with Crippen molar-refractivity contribution >= 4 is 23.5 Å².